The Labute approximate surface area is 128 Å². The van der Waals surface area contributed by atoms with Crippen LogP contribution in [-0.4, -0.2) is 22.0 Å². The zero-order chi connectivity index (χ0) is 14.1. The first-order chi connectivity index (χ1) is 9.65. The van der Waals surface area contributed by atoms with Crippen molar-refractivity contribution >= 4 is 40.7 Å². The van der Waals surface area contributed by atoms with E-state index in [0.29, 0.717) is 10.8 Å². The average Bonchev–Trinajstić information content (AvgIpc) is 2.96. The number of thiophene rings is 1. The number of carbonyl (C=O) groups is 1. The molecule has 0 aromatic carbocycles. The van der Waals surface area contributed by atoms with Crippen LogP contribution in [0.1, 0.15) is 41.9 Å². The molecule has 1 aliphatic heterocycles. The predicted octanol–water partition coefficient (Wildman–Crippen LogP) is 3.45. The second kappa shape index (κ2) is 5.66. The highest BCUT2D eigenvalue weighted by atomic mass is 32.1. The van der Waals surface area contributed by atoms with Crippen LogP contribution in [0.15, 0.2) is 17.8 Å². The minimum atomic E-state index is 0.0351. The molecule has 1 aromatic rings. The summed E-state index contributed by atoms with van der Waals surface area (Å²) in [4.78, 5) is 16.7. The van der Waals surface area contributed by atoms with Crippen molar-refractivity contribution in [3.8, 4) is 0 Å². The molecular formula is C15H18N2OS2. The Morgan fingerprint density at radius 3 is 2.75 bits per heavy atom. The molecule has 1 aromatic heterocycles. The highest BCUT2D eigenvalue weighted by Gasteiger charge is 2.36. The molecule has 2 fully saturated rings. The van der Waals surface area contributed by atoms with Crippen LogP contribution in [0, 0.1) is 6.92 Å². The van der Waals surface area contributed by atoms with Gasteiger partial charge in [-0.25, -0.2) is 0 Å². The number of rotatable bonds is 2. The molecule has 2 aliphatic rings. The summed E-state index contributed by atoms with van der Waals surface area (Å²) in [6.07, 6.45) is 7.71. The van der Waals surface area contributed by atoms with Gasteiger partial charge in [0.2, 0.25) is 0 Å². The maximum absolute atomic E-state index is 12.5. The van der Waals surface area contributed by atoms with Crippen LogP contribution in [0.4, 0.5) is 0 Å². The smallest absolute Gasteiger partial charge is 0.276 e. The molecule has 0 bridgehead atoms. The van der Waals surface area contributed by atoms with Gasteiger partial charge >= 0.3 is 0 Å². The number of amides is 1. The van der Waals surface area contributed by atoms with Crippen LogP contribution in [0.2, 0.25) is 0 Å². The third-order valence-corrected chi connectivity index (χ3v) is 5.14. The van der Waals surface area contributed by atoms with Gasteiger partial charge in [-0.1, -0.05) is 19.3 Å². The first-order valence-electron chi connectivity index (χ1n) is 7.08. The summed E-state index contributed by atoms with van der Waals surface area (Å²) in [5.41, 5.74) is 0.613. The highest BCUT2D eigenvalue weighted by molar-refractivity contribution is 7.80. The zero-order valence-corrected chi connectivity index (χ0v) is 13.1. The van der Waals surface area contributed by atoms with Crippen molar-refractivity contribution in [3.05, 3.63) is 27.6 Å². The normalized spacial score (nSPS) is 22.6. The van der Waals surface area contributed by atoms with E-state index in [9.17, 15) is 4.79 Å². The van der Waals surface area contributed by atoms with E-state index in [-0.39, 0.29) is 11.9 Å². The molecule has 2 heterocycles. The minimum Gasteiger partial charge on any atom is -0.328 e. The topological polar surface area (TPSA) is 32.3 Å². The van der Waals surface area contributed by atoms with Gasteiger partial charge in [0, 0.05) is 15.8 Å². The SMILES string of the molecule is Cc1ccc(/C=C2/NC(=S)N(C3CCCCC3)C2=O)s1. The molecule has 3 nitrogen and oxygen atoms in total. The lowest BCUT2D eigenvalue weighted by Gasteiger charge is -2.29. The fourth-order valence-electron chi connectivity index (χ4n) is 2.89. The molecule has 1 amide bonds. The second-order valence-corrected chi connectivity index (χ2v) is 7.11. The number of aryl methyl sites for hydroxylation is 1. The third-order valence-electron chi connectivity index (χ3n) is 3.90. The first kappa shape index (κ1) is 13.8. The summed E-state index contributed by atoms with van der Waals surface area (Å²) in [6, 6.07) is 4.38. The van der Waals surface area contributed by atoms with Gasteiger partial charge in [0.05, 0.1) is 0 Å². The molecule has 5 heteroatoms. The van der Waals surface area contributed by atoms with E-state index < -0.39 is 0 Å². The number of nitrogens with one attached hydrogen (secondary N) is 1. The number of hydrogen-bond donors (Lipinski definition) is 1. The van der Waals surface area contributed by atoms with Gasteiger partial charge in [-0.15, -0.1) is 11.3 Å². The van der Waals surface area contributed by atoms with Crippen LogP contribution < -0.4 is 5.32 Å². The Balaban J connectivity index is 1.81. The fraction of sp³-hybridized carbons (Fsp3) is 0.467. The Kier molecular flexibility index (Phi) is 3.89. The van der Waals surface area contributed by atoms with Gasteiger partial charge in [-0.3, -0.25) is 9.69 Å². The lowest BCUT2D eigenvalue weighted by Crippen LogP contribution is -2.41. The van der Waals surface area contributed by atoms with Crippen LogP contribution in [0.5, 0.6) is 0 Å². The van der Waals surface area contributed by atoms with Gasteiger partial charge in [-0.05, 0) is 50.2 Å². The van der Waals surface area contributed by atoms with Crippen molar-refractivity contribution < 1.29 is 4.79 Å². The highest BCUT2D eigenvalue weighted by Crippen LogP contribution is 2.27. The fourth-order valence-corrected chi connectivity index (χ4v) is 4.06. The number of carbonyl (C=O) groups excluding carboxylic acids is 1. The van der Waals surface area contributed by atoms with Crippen LogP contribution >= 0.6 is 23.6 Å². The molecule has 3 rings (SSSR count). The first-order valence-corrected chi connectivity index (χ1v) is 8.30. The summed E-state index contributed by atoms with van der Waals surface area (Å²) in [7, 11) is 0. The minimum absolute atomic E-state index is 0.0351. The molecular weight excluding hydrogens is 288 g/mol. The quantitative estimate of drug-likeness (QED) is 0.671. The van der Waals surface area contributed by atoms with E-state index in [0.717, 1.165) is 17.7 Å². The molecule has 1 saturated heterocycles. The largest absolute Gasteiger partial charge is 0.328 e. The standard InChI is InChI=1S/C15H18N2OS2/c1-10-7-8-12(20-10)9-13-14(18)17(15(19)16-13)11-5-3-2-4-6-11/h7-9,11H,2-6H2,1H3,(H,16,19)/b13-9+. The summed E-state index contributed by atoms with van der Waals surface area (Å²) in [5, 5.41) is 3.66. The molecule has 0 unspecified atom stereocenters. The van der Waals surface area contributed by atoms with Gasteiger partial charge < -0.3 is 5.32 Å². The van der Waals surface area contributed by atoms with Gasteiger partial charge in [0.15, 0.2) is 5.11 Å². The maximum Gasteiger partial charge on any atom is 0.276 e. The monoisotopic (exact) mass is 306 g/mol. The van der Waals surface area contributed by atoms with Crippen molar-refractivity contribution in [1.29, 1.82) is 0 Å². The second-order valence-electron chi connectivity index (χ2n) is 5.40. The summed E-state index contributed by atoms with van der Waals surface area (Å²) < 4.78 is 0. The zero-order valence-electron chi connectivity index (χ0n) is 11.5. The summed E-state index contributed by atoms with van der Waals surface area (Å²) >= 11 is 7.04. The molecule has 20 heavy (non-hydrogen) atoms. The van der Waals surface area contributed by atoms with E-state index in [1.54, 1.807) is 16.2 Å². The van der Waals surface area contributed by atoms with E-state index in [2.05, 4.69) is 18.3 Å². The Morgan fingerprint density at radius 1 is 1.35 bits per heavy atom. The van der Waals surface area contributed by atoms with Crippen molar-refractivity contribution in [2.45, 2.75) is 45.1 Å². The number of nitrogens with zero attached hydrogens (tertiary/aromatic N) is 1. The van der Waals surface area contributed by atoms with Crippen molar-refractivity contribution in [2.24, 2.45) is 0 Å². The third kappa shape index (κ3) is 2.65. The molecule has 106 valence electrons. The van der Waals surface area contributed by atoms with Crippen LogP contribution in [0.3, 0.4) is 0 Å². The molecule has 1 aliphatic carbocycles. The summed E-state index contributed by atoms with van der Waals surface area (Å²) in [6.45, 7) is 2.07. The van der Waals surface area contributed by atoms with Gasteiger partial charge in [-0.2, -0.15) is 0 Å². The predicted molar refractivity (Wildman–Crippen MR) is 86.5 cm³/mol. The molecule has 1 N–H and O–H groups in total. The Hall–Kier alpha value is -1.20. The molecule has 1 saturated carbocycles. The lowest BCUT2D eigenvalue weighted by atomic mass is 9.94. The van der Waals surface area contributed by atoms with E-state index in [1.807, 2.05) is 12.1 Å². The van der Waals surface area contributed by atoms with Gasteiger partial charge in [0.1, 0.15) is 5.70 Å². The summed E-state index contributed by atoms with van der Waals surface area (Å²) in [5.74, 6) is 0.0351. The maximum atomic E-state index is 12.5. The molecule has 0 spiro atoms. The Morgan fingerprint density at radius 2 is 2.10 bits per heavy atom. The lowest BCUT2D eigenvalue weighted by molar-refractivity contribution is -0.124. The van der Waals surface area contributed by atoms with E-state index in [1.165, 1.54) is 24.1 Å². The van der Waals surface area contributed by atoms with E-state index in [4.69, 9.17) is 12.2 Å². The van der Waals surface area contributed by atoms with Crippen molar-refractivity contribution in [2.75, 3.05) is 0 Å². The molecule has 0 atom stereocenters. The van der Waals surface area contributed by atoms with Crippen LogP contribution in [-0.2, 0) is 4.79 Å². The van der Waals surface area contributed by atoms with Crippen molar-refractivity contribution in [1.82, 2.24) is 10.2 Å². The number of thiocarbonyl (C=S) groups is 1. The van der Waals surface area contributed by atoms with Gasteiger partial charge in [0.25, 0.3) is 5.91 Å². The average molecular weight is 306 g/mol. The Bertz CT molecular complexity index is 570. The number of hydrogen-bond acceptors (Lipinski definition) is 3. The van der Waals surface area contributed by atoms with Crippen molar-refractivity contribution in [3.63, 3.8) is 0 Å². The molecule has 0 radical (unpaired) electrons. The van der Waals surface area contributed by atoms with E-state index >= 15 is 0 Å². The van der Waals surface area contributed by atoms with Crippen LogP contribution in [0.25, 0.3) is 6.08 Å².